The first-order valence-corrected chi connectivity index (χ1v) is 8.30. The number of aliphatic carboxylic acids is 1. The van der Waals surface area contributed by atoms with Gasteiger partial charge in [0.1, 0.15) is 0 Å². The molecule has 140 valence electrons. The third kappa shape index (κ3) is 7.85. The summed E-state index contributed by atoms with van der Waals surface area (Å²) >= 11 is 11.7. The molecule has 8 heteroatoms. The quantitative estimate of drug-likeness (QED) is 0.490. The van der Waals surface area contributed by atoms with Crippen LogP contribution < -0.4 is 0 Å². The summed E-state index contributed by atoms with van der Waals surface area (Å²) in [7, 11) is 0. The van der Waals surface area contributed by atoms with Crippen LogP contribution >= 0.6 is 23.2 Å². The Kier molecular flexibility index (Phi) is 9.50. The van der Waals surface area contributed by atoms with Gasteiger partial charge in [-0.1, -0.05) is 59.6 Å². The van der Waals surface area contributed by atoms with Gasteiger partial charge in [-0.3, -0.25) is 14.4 Å². The Morgan fingerprint density at radius 3 is 2.07 bits per heavy atom. The highest BCUT2D eigenvalue weighted by Gasteiger charge is 2.21. The maximum Gasteiger partial charge on any atom is 0.300 e. The minimum absolute atomic E-state index is 0.105. The zero-order chi connectivity index (χ0) is 20.2. The van der Waals surface area contributed by atoms with Crippen molar-refractivity contribution in [2.45, 2.75) is 6.92 Å². The molecule has 0 saturated carbocycles. The first-order chi connectivity index (χ1) is 12.8. The van der Waals surface area contributed by atoms with Crippen molar-refractivity contribution in [3.05, 3.63) is 88.4 Å². The van der Waals surface area contributed by atoms with Crippen LogP contribution in [0.15, 0.2) is 67.3 Å². The minimum atomic E-state index is -0.833. The van der Waals surface area contributed by atoms with Crippen LogP contribution in [0.2, 0.25) is 10.0 Å². The second-order valence-corrected chi connectivity index (χ2v) is 5.69. The van der Waals surface area contributed by atoms with Gasteiger partial charge in [0, 0.05) is 30.4 Å². The first-order valence-electron chi connectivity index (χ1n) is 7.55. The maximum atomic E-state index is 12.0. The van der Waals surface area contributed by atoms with Crippen molar-refractivity contribution < 1.29 is 19.5 Å². The molecular weight excluding hydrogens is 391 g/mol. The summed E-state index contributed by atoms with van der Waals surface area (Å²) in [6, 6.07) is 13.0. The molecule has 6 nitrogen and oxygen atoms in total. The number of rotatable bonds is 3. The summed E-state index contributed by atoms with van der Waals surface area (Å²) in [5, 5.41) is 7.77. The van der Waals surface area contributed by atoms with Gasteiger partial charge in [-0.2, -0.15) is 0 Å². The molecule has 27 heavy (non-hydrogen) atoms. The maximum absolute atomic E-state index is 12.0. The molecule has 0 aliphatic carbocycles. The molecular formula is C19H16Cl2N2O4. The number of carboxylic acids is 1. The Balaban J connectivity index is 0.000000333. The number of hydrogen-bond donors (Lipinski definition) is 2. The molecule has 0 spiro atoms. The minimum Gasteiger partial charge on any atom is -0.481 e. The Labute approximate surface area is 165 Å². The van der Waals surface area contributed by atoms with E-state index in [0.717, 1.165) is 6.92 Å². The van der Waals surface area contributed by atoms with Gasteiger partial charge in [-0.05, 0) is 12.1 Å². The fourth-order valence-electron chi connectivity index (χ4n) is 1.74. The molecule has 0 unspecified atom stereocenters. The molecule has 2 N–H and O–H groups in total. The summed E-state index contributed by atoms with van der Waals surface area (Å²) < 4.78 is 0. The molecule has 1 aromatic heterocycles. The van der Waals surface area contributed by atoms with Gasteiger partial charge in [-0.15, -0.1) is 0 Å². The fourth-order valence-corrected chi connectivity index (χ4v) is 2.12. The molecule has 2 aromatic carbocycles. The molecule has 0 aliphatic rings. The lowest BCUT2D eigenvalue weighted by Gasteiger charge is -2.04. The van der Waals surface area contributed by atoms with E-state index in [-0.39, 0.29) is 15.6 Å². The van der Waals surface area contributed by atoms with E-state index in [1.54, 1.807) is 61.2 Å². The standard InChI is InChI=1S/C14H8Cl2O2.C3H4N2.C2H4O2/c15-11-8-4-7-10(12(11)16)14(18)13(17)9-5-2-1-3-6-9;1-2-5-3-4-1;1-2(3)4/h1-8H;1-3H,(H,4,5);1H3,(H,3,4). The van der Waals surface area contributed by atoms with Crippen molar-refractivity contribution in [1.82, 2.24) is 9.97 Å². The SMILES string of the molecule is CC(=O)O.O=C(C(=O)c1cccc(Cl)c1Cl)c1ccccc1.c1c[nH]cn1. The number of benzene rings is 2. The Hall–Kier alpha value is -2.96. The Morgan fingerprint density at radius 2 is 1.59 bits per heavy atom. The zero-order valence-electron chi connectivity index (χ0n) is 14.2. The number of aromatic amines is 1. The van der Waals surface area contributed by atoms with E-state index in [1.165, 1.54) is 6.07 Å². The molecule has 0 radical (unpaired) electrons. The van der Waals surface area contributed by atoms with Gasteiger partial charge in [-0.25, -0.2) is 4.98 Å². The largest absolute Gasteiger partial charge is 0.481 e. The number of halogens is 2. The van der Waals surface area contributed by atoms with E-state index in [1.807, 2.05) is 0 Å². The van der Waals surface area contributed by atoms with Crippen LogP contribution in [0.25, 0.3) is 0 Å². The summed E-state index contributed by atoms with van der Waals surface area (Å²) in [5.74, 6) is -2.09. The van der Waals surface area contributed by atoms with Crippen LogP contribution in [0.5, 0.6) is 0 Å². The zero-order valence-corrected chi connectivity index (χ0v) is 15.7. The van der Waals surface area contributed by atoms with Crippen molar-refractivity contribution in [3.63, 3.8) is 0 Å². The molecule has 3 rings (SSSR count). The Morgan fingerprint density at radius 1 is 0.963 bits per heavy atom. The number of nitrogens with one attached hydrogen (secondary N) is 1. The third-order valence-corrected chi connectivity index (χ3v) is 3.66. The van der Waals surface area contributed by atoms with Crippen LogP contribution in [-0.4, -0.2) is 32.6 Å². The molecule has 0 amide bonds. The normalized spacial score (nSPS) is 9.15. The summed E-state index contributed by atoms with van der Waals surface area (Å²) in [5.41, 5.74) is 0.455. The fraction of sp³-hybridized carbons (Fsp3) is 0.0526. The van der Waals surface area contributed by atoms with Crippen molar-refractivity contribution in [2.75, 3.05) is 0 Å². The van der Waals surface area contributed by atoms with E-state index in [4.69, 9.17) is 33.1 Å². The molecule has 0 atom stereocenters. The summed E-state index contributed by atoms with van der Waals surface area (Å²) in [6.45, 7) is 1.08. The average Bonchev–Trinajstić information content (AvgIpc) is 3.23. The van der Waals surface area contributed by atoms with Crippen LogP contribution in [0, 0.1) is 0 Å². The molecule has 3 aromatic rings. The molecule has 1 heterocycles. The van der Waals surface area contributed by atoms with Gasteiger partial charge in [0.05, 0.1) is 16.4 Å². The number of ketones is 2. The number of H-pyrrole nitrogens is 1. The van der Waals surface area contributed by atoms with Crippen molar-refractivity contribution in [2.24, 2.45) is 0 Å². The topological polar surface area (TPSA) is 100 Å². The number of carboxylic acid groups (broad SMARTS) is 1. The average molecular weight is 407 g/mol. The predicted octanol–water partition coefficient (Wildman–Crippen LogP) is 4.56. The lowest BCUT2D eigenvalue weighted by atomic mass is 10.0. The van der Waals surface area contributed by atoms with Crippen molar-refractivity contribution in [1.29, 1.82) is 0 Å². The highest BCUT2D eigenvalue weighted by molar-refractivity contribution is 6.53. The molecule has 0 bridgehead atoms. The predicted molar refractivity (Wildman–Crippen MR) is 103 cm³/mol. The smallest absolute Gasteiger partial charge is 0.300 e. The van der Waals surface area contributed by atoms with E-state index in [9.17, 15) is 9.59 Å². The van der Waals surface area contributed by atoms with E-state index >= 15 is 0 Å². The number of nitrogens with zero attached hydrogens (tertiary/aromatic N) is 1. The van der Waals surface area contributed by atoms with Crippen LogP contribution in [-0.2, 0) is 4.79 Å². The molecule has 0 aliphatic heterocycles. The third-order valence-electron chi connectivity index (χ3n) is 2.84. The number of aromatic nitrogens is 2. The van der Waals surface area contributed by atoms with Crippen molar-refractivity contribution in [3.8, 4) is 0 Å². The number of Topliss-reactive ketones (excluding diaryl/α,β-unsaturated/α-hetero) is 2. The Bertz CT molecular complexity index is 861. The number of hydrogen-bond acceptors (Lipinski definition) is 4. The van der Waals surface area contributed by atoms with Gasteiger partial charge in [0.15, 0.2) is 0 Å². The van der Waals surface area contributed by atoms with E-state index < -0.39 is 17.5 Å². The lowest BCUT2D eigenvalue weighted by Crippen LogP contribution is -2.14. The van der Waals surface area contributed by atoms with Crippen LogP contribution in [0.3, 0.4) is 0 Å². The monoisotopic (exact) mass is 406 g/mol. The lowest BCUT2D eigenvalue weighted by molar-refractivity contribution is -0.134. The highest BCUT2D eigenvalue weighted by Crippen LogP contribution is 2.26. The number of carbonyl (C=O) groups excluding carboxylic acids is 2. The van der Waals surface area contributed by atoms with Crippen LogP contribution in [0.1, 0.15) is 27.6 Å². The van der Waals surface area contributed by atoms with Crippen LogP contribution in [0.4, 0.5) is 0 Å². The second-order valence-electron chi connectivity index (χ2n) is 4.91. The second kappa shape index (κ2) is 11.6. The van der Waals surface area contributed by atoms with Gasteiger partial charge in [0.25, 0.3) is 5.97 Å². The van der Waals surface area contributed by atoms with Gasteiger partial charge < -0.3 is 10.1 Å². The highest BCUT2D eigenvalue weighted by atomic mass is 35.5. The number of imidazole rings is 1. The van der Waals surface area contributed by atoms with Crippen molar-refractivity contribution >= 4 is 40.7 Å². The van der Waals surface area contributed by atoms with Gasteiger partial charge >= 0.3 is 0 Å². The molecule has 0 saturated heterocycles. The summed E-state index contributed by atoms with van der Waals surface area (Å²) in [4.78, 5) is 39.4. The summed E-state index contributed by atoms with van der Waals surface area (Å²) in [6.07, 6.45) is 5.08. The van der Waals surface area contributed by atoms with E-state index in [2.05, 4.69) is 9.97 Å². The van der Waals surface area contributed by atoms with E-state index in [0.29, 0.717) is 5.56 Å². The first kappa shape index (κ1) is 22.1. The van der Waals surface area contributed by atoms with Gasteiger partial charge in [0.2, 0.25) is 11.6 Å². The molecule has 0 fully saturated rings. The number of carbonyl (C=O) groups is 3.